The third-order valence-electron chi connectivity index (χ3n) is 3.68. The zero-order valence-corrected chi connectivity index (χ0v) is 10.9. The van der Waals surface area contributed by atoms with Gasteiger partial charge in [0.15, 0.2) is 5.82 Å². The lowest BCUT2D eigenvalue weighted by molar-refractivity contribution is -0.0764. The van der Waals surface area contributed by atoms with Crippen LogP contribution in [0.1, 0.15) is 12.8 Å². The smallest absolute Gasteiger partial charge is 0.248 e. The summed E-state index contributed by atoms with van der Waals surface area (Å²) in [5.41, 5.74) is 4.75. The van der Waals surface area contributed by atoms with Crippen LogP contribution in [-0.4, -0.2) is 46.3 Å². The first-order chi connectivity index (χ1) is 8.33. The number of hydrogen-bond acceptors (Lipinski definition) is 5. The largest absolute Gasteiger partial charge is 0.387 e. The number of nitrogen functional groups attached to an aromatic ring is 1. The third kappa shape index (κ3) is 1.63. The van der Waals surface area contributed by atoms with Gasteiger partial charge in [-0.3, -0.25) is 4.68 Å². The summed E-state index contributed by atoms with van der Waals surface area (Å²) in [6.07, 6.45) is 3.36. The van der Waals surface area contributed by atoms with Crippen LogP contribution in [0.5, 0.6) is 0 Å². The molecule has 1 aliphatic heterocycles. The number of aryl methyl sites for hydroxylation is 1. The number of nitrogens with two attached hydrogens (primary N) is 1. The van der Waals surface area contributed by atoms with Crippen LogP contribution in [0.3, 0.4) is 0 Å². The standard InChI is InChI=1S/C10H16N4O3S/c1-13-4-8(9(11)12-13)18(16,17)14-5-10(15,6-14)7-2-3-7/h4,7,15H,2-3,5-6H2,1H3,(H2,11,12). The Morgan fingerprint density at radius 3 is 2.56 bits per heavy atom. The number of anilines is 1. The molecular formula is C10H16N4O3S. The third-order valence-corrected chi connectivity index (χ3v) is 5.49. The minimum atomic E-state index is -3.62. The number of hydrogen-bond donors (Lipinski definition) is 2. The monoisotopic (exact) mass is 272 g/mol. The molecule has 0 spiro atoms. The molecule has 0 unspecified atom stereocenters. The number of aromatic nitrogens is 2. The van der Waals surface area contributed by atoms with Crippen molar-refractivity contribution < 1.29 is 13.5 Å². The molecule has 1 aliphatic carbocycles. The maximum absolute atomic E-state index is 12.3. The van der Waals surface area contributed by atoms with Gasteiger partial charge in [-0.25, -0.2) is 8.42 Å². The van der Waals surface area contributed by atoms with Crippen molar-refractivity contribution in [1.82, 2.24) is 14.1 Å². The Hall–Kier alpha value is -1.12. The van der Waals surface area contributed by atoms with E-state index in [0.29, 0.717) is 0 Å². The Morgan fingerprint density at radius 2 is 2.11 bits per heavy atom. The van der Waals surface area contributed by atoms with E-state index in [1.54, 1.807) is 7.05 Å². The van der Waals surface area contributed by atoms with Gasteiger partial charge in [0.25, 0.3) is 0 Å². The maximum Gasteiger partial charge on any atom is 0.248 e. The molecule has 1 saturated heterocycles. The van der Waals surface area contributed by atoms with Crippen LogP contribution in [0.4, 0.5) is 5.82 Å². The predicted molar refractivity (Wildman–Crippen MR) is 64.1 cm³/mol. The van der Waals surface area contributed by atoms with Crippen molar-refractivity contribution >= 4 is 15.8 Å². The Labute approximate surface area is 105 Å². The highest BCUT2D eigenvalue weighted by Gasteiger charge is 2.55. The minimum Gasteiger partial charge on any atom is -0.387 e. The van der Waals surface area contributed by atoms with Gasteiger partial charge in [-0.05, 0) is 18.8 Å². The van der Waals surface area contributed by atoms with Crippen LogP contribution in [0.25, 0.3) is 0 Å². The lowest BCUT2D eigenvalue weighted by Crippen LogP contribution is -2.64. The second kappa shape index (κ2) is 3.46. The van der Waals surface area contributed by atoms with E-state index in [2.05, 4.69) is 5.10 Å². The molecule has 0 atom stereocenters. The minimum absolute atomic E-state index is 0.000591. The van der Waals surface area contributed by atoms with E-state index < -0.39 is 15.6 Å². The van der Waals surface area contributed by atoms with Crippen LogP contribution in [0.15, 0.2) is 11.1 Å². The van der Waals surface area contributed by atoms with Crippen molar-refractivity contribution in [2.75, 3.05) is 18.8 Å². The summed E-state index contributed by atoms with van der Waals surface area (Å²) in [6, 6.07) is 0. The lowest BCUT2D eigenvalue weighted by Gasteiger charge is -2.45. The van der Waals surface area contributed by atoms with Crippen molar-refractivity contribution in [1.29, 1.82) is 0 Å². The Kier molecular flexibility index (Phi) is 2.30. The molecule has 0 radical (unpaired) electrons. The molecule has 1 aromatic rings. The number of β-amino-alcohol motifs (C(OH)–C–C–N with tert-alkyl or cyclic N) is 1. The summed E-state index contributed by atoms with van der Waals surface area (Å²) in [6.45, 7) is 0.322. The Bertz CT molecular complexity index is 584. The first-order valence-electron chi connectivity index (χ1n) is 5.84. The van der Waals surface area contributed by atoms with Gasteiger partial charge in [0.2, 0.25) is 10.0 Å². The van der Waals surface area contributed by atoms with Gasteiger partial charge >= 0.3 is 0 Å². The van der Waals surface area contributed by atoms with Crippen LogP contribution < -0.4 is 5.73 Å². The molecule has 3 N–H and O–H groups in total. The molecule has 8 heteroatoms. The average molecular weight is 272 g/mol. The summed E-state index contributed by atoms with van der Waals surface area (Å²) < 4.78 is 27.2. The van der Waals surface area contributed by atoms with E-state index in [0.717, 1.165) is 12.8 Å². The van der Waals surface area contributed by atoms with E-state index in [9.17, 15) is 13.5 Å². The van der Waals surface area contributed by atoms with Crippen molar-refractivity contribution in [3.63, 3.8) is 0 Å². The summed E-state index contributed by atoms with van der Waals surface area (Å²) in [7, 11) is -2.01. The van der Waals surface area contributed by atoms with E-state index >= 15 is 0 Å². The number of nitrogens with zero attached hydrogens (tertiary/aromatic N) is 3. The fourth-order valence-electron chi connectivity index (χ4n) is 2.44. The van der Waals surface area contributed by atoms with Crippen molar-refractivity contribution in [2.24, 2.45) is 13.0 Å². The van der Waals surface area contributed by atoms with Gasteiger partial charge in [-0.2, -0.15) is 9.40 Å². The molecule has 3 rings (SSSR count). The molecule has 7 nitrogen and oxygen atoms in total. The van der Waals surface area contributed by atoms with Gasteiger partial charge < -0.3 is 10.8 Å². The van der Waals surface area contributed by atoms with Gasteiger partial charge in [-0.1, -0.05) is 0 Å². The topological polar surface area (TPSA) is 101 Å². The summed E-state index contributed by atoms with van der Waals surface area (Å²) in [5, 5.41) is 14.0. The van der Waals surface area contributed by atoms with Crippen molar-refractivity contribution in [3.05, 3.63) is 6.20 Å². The van der Waals surface area contributed by atoms with Crippen LogP contribution >= 0.6 is 0 Å². The van der Waals surface area contributed by atoms with Gasteiger partial charge in [0.1, 0.15) is 4.90 Å². The zero-order valence-electron chi connectivity index (χ0n) is 10.1. The summed E-state index contributed by atoms with van der Waals surface area (Å²) in [4.78, 5) is 0.0165. The van der Waals surface area contributed by atoms with Crippen molar-refractivity contribution in [2.45, 2.75) is 23.3 Å². The summed E-state index contributed by atoms with van der Waals surface area (Å²) in [5.74, 6) is 0.259. The summed E-state index contributed by atoms with van der Waals surface area (Å²) >= 11 is 0. The lowest BCUT2D eigenvalue weighted by atomic mass is 9.91. The van der Waals surface area contributed by atoms with Crippen LogP contribution in [0, 0.1) is 5.92 Å². The molecule has 100 valence electrons. The SMILES string of the molecule is Cn1cc(S(=O)(=O)N2CC(O)(C3CC3)C2)c(N)n1. The van der Waals surface area contributed by atoms with Gasteiger partial charge in [0, 0.05) is 26.3 Å². The van der Waals surface area contributed by atoms with E-state index in [1.807, 2.05) is 0 Å². The molecule has 0 amide bonds. The highest BCUT2D eigenvalue weighted by atomic mass is 32.2. The van der Waals surface area contributed by atoms with Crippen molar-refractivity contribution in [3.8, 4) is 0 Å². The van der Waals surface area contributed by atoms with E-state index in [-0.39, 0.29) is 29.7 Å². The van der Waals surface area contributed by atoms with Crippen LogP contribution in [-0.2, 0) is 17.1 Å². The Morgan fingerprint density at radius 1 is 1.50 bits per heavy atom. The first-order valence-corrected chi connectivity index (χ1v) is 7.28. The maximum atomic E-state index is 12.3. The number of sulfonamides is 1. The molecule has 0 bridgehead atoms. The predicted octanol–water partition coefficient (Wildman–Crippen LogP) is -0.852. The molecule has 1 saturated carbocycles. The highest BCUT2D eigenvalue weighted by molar-refractivity contribution is 7.89. The molecule has 18 heavy (non-hydrogen) atoms. The molecule has 2 fully saturated rings. The fourth-order valence-corrected chi connectivity index (χ4v) is 4.09. The number of aliphatic hydroxyl groups is 1. The van der Waals surface area contributed by atoms with E-state index in [1.165, 1.54) is 15.2 Å². The fraction of sp³-hybridized carbons (Fsp3) is 0.700. The van der Waals surface area contributed by atoms with E-state index in [4.69, 9.17) is 5.73 Å². The van der Waals surface area contributed by atoms with Crippen LogP contribution in [0.2, 0.25) is 0 Å². The highest BCUT2D eigenvalue weighted by Crippen LogP contribution is 2.46. The zero-order chi connectivity index (χ0) is 13.1. The van der Waals surface area contributed by atoms with Gasteiger partial charge in [-0.15, -0.1) is 0 Å². The van der Waals surface area contributed by atoms with Gasteiger partial charge in [0.05, 0.1) is 5.60 Å². The number of rotatable bonds is 3. The molecule has 2 heterocycles. The molecule has 2 aliphatic rings. The normalized spacial score (nSPS) is 23.9. The first kappa shape index (κ1) is 11.9. The quantitative estimate of drug-likeness (QED) is 0.746. The average Bonchev–Trinajstić information content (AvgIpc) is 3.00. The second-order valence-electron chi connectivity index (χ2n) is 5.20. The molecule has 0 aromatic carbocycles. The second-order valence-corrected chi connectivity index (χ2v) is 7.11. The Balaban J connectivity index is 1.82. The molecule has 1 aromatic heterocycles. The molecular weight excluding hydrogens is 256 g/mol.